The van der Waals surface area contributed by atoms with Gasteiger partial charge in [-0.25, -0.2) is 4.39 Å². The molecule has 5 nitrogen and oxygen atoms in total. The molecule has 1 fully saturated rings. The van der Waals surface area contributed by atoms with Crippen LogP contribution in [0, 0.1) is 11.7 Å². The van der Waals surface area contributed by atoms with Crippen molar-refractivity contribution in [2.75, 3.05) is 20.2 Å². The standard InChI is InChI=1S/C28H25Cl2FN2O3/c1-36-28(20-4-8-22(30)9-5-20)25-23(27(35)33(28)16-17-2-6-21(29)7-3-17)14-19(15-24(25)31)26(34)18-10-12-32-13-11-18/h2-9,14-15,18,32H,10-13,16H2,1H3. The van der Waals surface area contributed by atoms with E-state index in [0.717, 1.165) is 18.7 Å². The van der Waals surface area contributed by atoms with E-state index in [-0.39, 0.29) is 34.9 Å². The molecular formula is C28H25Cl2FN2O3. The van der Waals surface area contributed by atoms with Crippen molar-refractivity contribution in [2.45, 2.75) is 25.1 Å². The van der Waals surface area contributed by atoms with Crippen molar-refractivity contribution >= 4 is 34.9 Å². The highest BCUT2D eigenvalue weighted by Gasteiger charge is 2.54. The lowest BCUT2D eigenvalue weighted by atomic mass is 9.86. The van der Waals surface area contributed by atoms with Crippen molar-refractivity contribution in [1.29, 1.82) is 0 Å². The van der Waals surface area contributed by atoms with Crippen molar-refractivity contribution < 1.29 is 18.7 Å². The van der Waals surface area contributed by atoms with Crippen LogP contribution in [-0.2, 0) is 17.0 Å². The fraction of sp³-hybridized carbons (Fsp3) is 0.286. The normalized spacial score (nSPS) is 20.0. The number of methoxy groups -OCH3 is 1. The number of rotatable bonds is 6. The van der Waals surface area contributed by atoms with Crippen LogP contribution in [0.3, 0.4) is 0 Å². The molecule has 36 heavy (non-hydrogen) atoms. The third-order valence-electron chi connectivity index (χ3n) is 7.06. The summed E-state index contributed by atoms with van der Waals surface area (Å²) in [5.41, 5.74) is 0.221. The van der Waals surface area contributed by atoms with Gasteiger partial charge in [0.25, 0.3) is 5.91 Å². The summed E-state index contributed by atoms with van der Waals surface area (Å²) in [4.78, 5) is 28.6. The third kappa shape index (κ3) is 4.22. The first-order valence-corrected chi connectivity index (χ1v) is 12.6. The molecule has 1 N–H and O–H groups in total. The quantitative estimate of drug-likeness (QED) is 0.411. The monoisotopic (exact) mass is 526 g/mol. The Kier molecular flexibility index (Phi) is 6.88. The van der Waals surface area contributed by atoms with Crippen molar-refractivity contribution in [1.82, 2.24) is 10.2 Å². The number of piperidine rings is 1. The highest BCUT2D eigenvalue weighted by atomic mass is 35.5. The maximum Gasteiger partial charge on any atom is 0.257 e. The van der Waals surface area contributed by atoms with Crippen molar-refractivity contribution in [3.8, 4) is 0 Å². The fourth-order valence-corrected chi connectivity index (χ4v) is 5.52. The van der Waals surface area contributed by atoms with E-state index in [1.807, 2.05) is 12.1 Å². The molecule has 1 unspecified atom stereocenters. The predicted molar refractivity (Wildman–Crippen MR) is 137 cm³/mol. The van der Waals surface area contributed by atoms with Gasteiger partial charge in [-0.15, -0.1) is 0 Å². The summed E-state index contributed by atoms with van der Waals surface area (Å²) < 4.78 is 22.0. The van der Waals surface area contributed by atoms with Gasteiger partial charge in [0.05, 0.1) is 11.1 Å². The number of amides is 1. The van der Waals surface area contributed by atoms with Gasteiger partial charge in [0.15, 0.2) is 11.5 Å². The molecular weight excluding hydrogens is 502 g/mol. The van der Waals surface area contributed by atoms with Gasteiger partial charge < -0.3 is 10.1 Å². The third-order valence-corrected chi connectivity index (χ3v) is 7.57. The summed E-state index contributed by atoms with van der Waals surface area (Å²) in [6, 6.07) is 16.6. The molecule has 0 radical (unpaired) electrons. The number of halogens is 3. The van der Waals surface area contributed by atoms with E-state index >= 15 is 4.39 Å². The molecule has 0 aliphatic carbocycles. The number of ether oxygens (including phenoxy) is 1. The molecule has 2 aliphatic heterocycles. The van der Waals surface area contributed by atoms with Gasteiger partial charge in [-0.05, 0) is 67.9 Å². The van der Waals surface area contributed by atoms with E-state index in [2.05, 4.69) is 5.32 Å². The summed E-state index contributed by atoms with van der Waals surface area (Å²) >= 11 is 12.2. The van der Waals surface area contributed by atoms with Crippen LogP contribution in [0.5, 0.6) is 0 Å². The minimum atomic E-state index is -1.54. The zero-order valence-electron chi connectivity index (χ0n) is 19.7. The summed E-state index contributed by atoms with van der Waals surface area (Å²) in [6.07, 6.45) is 1.36. The Morgan fingerprint density at radius 1 is 1.06 bits per heavy atom. The van der Waals surface area contributed by atoms with Crippen LogP contribution in [-0.4, -0.2) is 36.8 Å². The van der Waals surface area contributed by atoms with Gasteiger partial charge >= 0.3 is 0 Å². The van der Waals surface area contributed by atoms with Gasteiger partial charge in [0, 0.05) is 40.7 Å². The Morgan fingerprint density at radius 3 is 2.28 bits per heavy atom. The van der Waals surface area contributed by atoms with Gasteiger partial charge in [-0.3, -0.25) is 14.5 Å². The fourth-order valence-electron chi connectivity index (χ4n) is 5.27. The van der Waals surface area contributed by atoms with Gasteiger partial charge in [0.1, 0.15) is 5.82 Å². The van der Waals surface area contributed by atoms with Crippen LogP contribution in [0.25, 0.3) is 0 Å². The zero-order valence-corrected chi connectivity index (χ0v) is 21.2. The minimum absolute atomic E-state index is 0.0909. The molecule has 8 heteroatoms. The van der Waals surface area contributed by atoms with E-state index in [1.54, 1.807) is 36.4 Å². The van der Waals surface area contributed by atoms with Crippen LogP contribution in [0.2, 0.25) is 10.0 Å². The second-order valence-corrected chi connectivity index (χ2v) is 10.0. The van der Waals surface area contributed by atoms with Gasteiger partial charge in [-0.2, -0.15) is 0 Å². The SMILES string of the molecule is COC1(c2ccc(Cl)cc2)c2c(F)cc(C(=O)C3CCNCC3)cc2C(=O)N1Cc1ccc(Cl)cc1. The van der Waals surface area contributed by atoms with Gasteiger partial charge in [0.2, 0.25) is 0 Å². The number of Topliss-reactive ketones (excluding diaryl/α,β-unsaturated/α-hetero) is 1. The second-order valence-electron chi connectivity index (χ2n) is 9.14. The minimum Gasteiger partial charge on any atom is -0.350 e. The van der Waals surface area contributed by atoms with Crippen molar-refractivity contribution in [3.63, 3.8) is 0 Å². The number of nitrogens with one attached hydrogen (secondary N) is 1. The molecule has 3 aromatic carbocycles. The summed E-state index contributed by atoms with van der Waals surface area (Å²) in [6.45, 7) is 1.61. The van der Waals surface area contributed by atoms with E-state index in [0.29, 0.717) is 28.5 Å². The predicted octanol–water partition coefficient (Wildman–Crippen LogP) is 5.82. The maximum atomic E-state index is 16.0. The summed E-state index contributed by atoms with van der Waals surface area (Å²) in [7, 11) is 1.44. The van der Waals surface area contributed by atoms with Crippen LogP contribution < -0.4 is 5.32 Å². The molecule has 2 heterocycles. The van der Waals surface area contributed by atoms with Crippen molar-refractivity contribution in [2.24, 2.45) is 5.92 Å². The number of nitrogens with zero attached hydrogens (tertiary/aromatic N) is 1. The Bertz CT molecular complexity index is 1310. The average molecular weight is 527 g/mol. The summed E-state index contributed by atoms with van der Waals surface area (Å²) in [5, 5.41) is 4.30. The maximum absolute atomic E-state index is 16.0. The smallest absolute Gasteiger partial charge is 0.257 e. The van der Waals surface area contributed by atoms with Gasteiger partial charge in [-0.1, -0.05) is 47.5 Å². The van der Waals surface area contributed by atoms with Crippen LogP contribution >= 0.6 is 23.2 Å². The Balaban J connectivity index is 1.65. The number of fused-ring (bicyclic) bond motifs is 1. The Labute approximate surface area is 219 Å². The molecule has 0 saturated carbocycles. The van der Waals surface area contributed by atoms with Crippen LogP contribution in [0.15, 0.2) is 60.7 Å². The van der Waals surface area contributed by atoms with E-state index in [4.69, 9.17) is 27.9 Å². The highest BCUT2D eigenvalue weighted by molar-refractivity contribution is 6.30. The second kappa shape index (κ2) is 9.94. The lowest BCUT2D eigenvalue weighted by molar-refractivity contribution is -0.0881. The molecule has 2 aliphatic rings. The number of carbonyl (C=O) groups excluding carboxylic acids is 2. The Hall–Kier alpha value is -2.77. The molecule has 1 atom stereocenters. The Morgan fingerprint density at radius 2 is 1.67 bits per heavy atom. The summed E-state index contributed by atoms with van der Waals surface area (Å²) in [5.74, 6) is -1.42. The van der Waals surface area contributed by atoms with Crippen LogP contribution in [0.4, 0.5) is 4.39 Å². The number of hydrogen-bond donors (Lipinski definition) is 1. The molecule has 0 aromatic heterocycles. The average Bonchev–Trinajstić information content (AvgIpc) is 3.14. The molecule has 1 amide bonds. The molecule has 3 aromatic rings. The number of benzene rings is 3. The zero-order chi connectivity index (χ0) is 25.4. The molecule has 5 rings (SSSR count). The molecule has 0 spiro atoms. The first kappa shape index (κ1) is 24.9. The molecule has 0 bridgehead atoms. The largest absolute Gasteiger partial charge is 0.350 e. The first-order valence-electron chi connectivity index (χ1n) is 11.8. The number of carbonyl (C=O) groups is 2. The highest BCUT2D eigenvalue weighted by Crippen LogP contribution is 2.47. The van der Waals surface area contributed by atoms with Crippen LogP contribution in [0.1, 0.15) is 50.2 Å². The topological polar surface area (TPSA) is 58.6 Å². The first-order chi connectivity index (χ1) is 17.3. The molecule has 1 saturated heterocycles. The lowest BCUT2D eigenvalue weighted by Gasteiger charge is -2.38. The van der Waals surface area contributed by atoms with Crippen molar-refractivity contribution in [3.05, 3.63) is 104 Å². The lowest BCUT2D eigenvalue weighted by Crippen LogP contribution is -2.46. The van der Waals surface area contributed by atoms with E-state index in [1.165, 1.54) is 24.1 Å². The number of hydrogen-bond acceptors (Lipinski definition) is 4. The molecule has 186 valence electrons. The van der Waals surface area contributed by atoms with E-state index in [9.17, 15) is 9.59 Å². The number of ketones is 1. The van der Waals surface area contributed by atoms with E-state index < -0.39 is 17.4 Å².